The second-order valence-electron chi connectivity index (χ2n) is 6.63. The molecule has 0 spiro atoms. The molecule has 3 aromatic rings. The number of fused-ring (bicyclic) bond motifs is 1. The molecule has 0 radical (unpaired) electrons. The van der Waals surface area contributed by atoms with Gasteiger partial charge in [0.2, 0.25) is 0 Å². The zero-order valence-electron chi connectivity index (χ0n) is 16.3. The van der Waals surface area contributed by atoms with Crippen LogP contribution in [-0.2, 0) is 4.74 Å². The molecule has 1 aromatic heterocycles. The van der Waals surface area contributed by atoms with Crippen LogP contribution in [0.15, 0.2) is 48.7 Å². The number of aromatic nitrogens is 1. The predicted molar refractivity (Wildman–Crippen MR) is 109 cm³/mol. The van der Waals surface area contributed by atoms with E-state index in [1.165, 1.54) is 5.56 Å². The lowest BCUT2D eigenvalue weighted by Gasteiger charge is -2.15. The summed E-state index contributed by atoms with van der Waals surface area (Å²) in [6, 6.07) is 14.0. The number of rotatable bonds is 8. The van der Waals surface area contributed by atoms with Gasteiger partial charge in [-0.15, -0.1) is 0 Å². The highest BCUT2D eigenvalue weighted by atomic mass is 16.5. The van der Waals surface area contributed by atoms with Gasteiger partial charge in [-0.25, -0.2) is 0 Å². The van der Waals surface area contributed by atoms with Crippen molar-refractivity contribution in [1.82, 2.24) is 4.98 Å². The summed E-state index contributed by atoms with van der Waals surface area (Å²) in [6.45, 7) is 7.14. The third-order valence-electron chi connectivity index (χ3n) is 4.14. The Hall–Kier alpha value is -2.79. The van der Waals surface area contributed by atoms with Crippen molar-refractivity contribution in [3.8, 4) is 11.5 Å². The highest BCUT2D eigenvalue weighted by molar-refractivity contribution is 5.93. The summed E-state index contributed by atoms with van der Waals surface area (Å²) in [5.74, 6) is 1.47. The van der Waals surface area contributed by atoms with Crippen molar-refractivity contribution in [3.05, 3.63) is 54.2 Å². The van der Waals surface area contributed by atoms with Gasteiger partial charge in [-0.1, -0.05) is 12.1 Å². The first-order valence-corrected chi connectivity index (χ1v) is 9.11. The van der Waals surface area contributed by atoms with E-state index in [0.717, 1.165) is 28.0 Å². The van der Waals surface area contributed by atoms with Crippen LogP contribution in [-0.4, -0.2) is 31.4 Å². The zero-order valence-corrected chi connectivity index (χ0v) is 16.3. The third-order valence-corrected chi connectivity index (χ3v) is 4.14. The van der Waals surface area contributed by atoms with Gasteiger partial charge >= 0.3 is 0 Å². The van der Waals surface area contributed by atoms with Crippen molar-refractivity contribution in [1.29, 1.82) is 0 Å². The molecule has 27 heavy (non-hydrogen) atoms. The molecular formula is C22H26N2O3. The van der Waals surface area contributed by atoms with Gasteiger partial charge in [0.25, 0.3) is 0 Å². The average Bonchev–Trinajstić information content (AvgIpc) is 2.66. The molecule has 142 valence electrons. The summed E-state index contributed by atoms with van der Waals surface area (Å²) in [5.41, 5.74) is 4.01. The van der Waals surface area contributed by atoms with E-state index in [9.17, 15) is 0 Å². The molecule has 0 aliphatic rings. The Morgan fingerprint density at radius 3 is 2.63 bits per heavy atom. The molecule has 3 rings (SSSR count). The van der Waals surface area contributed by atoms with Gasteiger partial charge in [-0.05, 0) is 50.6 Å². The topological polar surface area (TPSA) is 52.6 Å². The minimum absolute atomic E-state index is 0.202. The van der Waals surface area contributed by atoms with E-state index in [1.807, 2.05) is 44.3 Å². The van der Waals surface area contributed by atoms with Crippen LogP contribution in [0.1, 0.15) is 19.4 Å². The van der Waals surface area contributed by atoms with Crippen LogP contribution in [0.3, 0.4) is 0 Å². The molecule has 0 bridgehead atoms. The lowest BCUT2D eigenvalue weighted by atomic mass is 10.1. The molecule has 5 heteroatoms. The fourth-order valence-electron chi connectivity index (χ4n) is 2.82. The number of nitrogens with zero attached hydrogens (tertiary/aromatic N) is 1. The number of methoxy groups -OCH3 is 1. The summed E-state index contributed by atoms with van der Waals surface area (Å²) < 4.78 is 16.8. The Kier molecular flexibility index (Phi) is 6.14. The molecule has 0 aliphatic carbocycles. The molecule has 0 amide bonds. The molecular weight excluding hydrogens is 340 g/mol. The highest BCUT2D eigenvalue weighted by Gasteiger charge is 2.09. The number of hydrogen-bond donors (Lipinski definition) is 1. The second kappa shape index (κ2) is 8.73. The quantitative estimate of drug-likeness (QED) is 0.562. The SMILES string of the molecule is COc1cc(OCCOC(C)C)ccc1Nc1ccnc2cc(C)ccc12. The zero-order chi connectivity index (χ0) is 19.2. The number of ether oxygens (including phenoxy) is 3. The Morgan fingerprint density at radius 1 is 1.00 bits per heavy atom. The normalized spacial score (nSPS) is 11.0. The van der Waals surface area contributed by atoms with Gasteiger partial charge in [0.15, 0.2) is 0 Å². The van der Waals surface area contributed by atoms with E-state index in [1.54, 1.807) is 7.11 Å². The minimum Gasteiger partial charge on any atom is -0.494 e. The minimum atomic E-state index is 0.202. The first-order chi connectivity index (χ1) is 13.1. The smallest absolute Gasteiger partial charge is 0.145 e. The molecule has 0 saturated heterocycles. The summed E-state index contributed by atoms with van der Waals surface area (Å²) in [4.78, 5) is 4.45. The van der Waals surface area contributed by atoms with E-state index >= 15 is 0 Å². The molecule has 0 saturated carbocycles. The largest absolute Gasteiger partial charge is 0.494 e. The van der Waals surface area contributed by atoms with Crippen LogP contribution >= 0.6 is 0 Å². The number of hydrogen-bond acceptors (Lipinski definition) is 5. The van der Waals surface area contributed by atoms with E-state index in [4.69, 9.17) is 14.2 Å². The molecule has 1 heterocycles. The van der Waals surface area contributed by atoms with Crippen LogP contribution in [0, 0.1) is 6.92 Å². The molecule has 0 atom stereocenters. The van der Waals surface area contributed by atoms with Crippen LogP contribution < -0.4 is 14.8 Å². The van der Waals surface area contributed by atoms with Gasteiger partial charge in [0.05, 0.1) is 31.0 Å². The standard InChI is InChI=1S/C22H26N2O3/c1-15(2)26-11-12-27-17-6-8-20(22(14-17)25-4)24-19-9-10-23-21-13-16(3)5-7-18(19)21/h5-10,13-15H,11-12H2,1-4H3,(H,23,24). The molecule has 2 aromatic carbocycles. The van der Waals surface area contributed by atoms with Crippen molar-refractivity contribution in [3.63, 3.8) is 0 Å². The Balaban J connectivity index is 1.77. The summed E-state index contributed by atoms with van der Waals surface area (Å²) in [7, 11) is 1.65. The maximum absolute atomic E-state index is 5.74. The third kappa shape index (κ3) is 4.89. The van der Waals surface area contributed by atoms with Gasteiger partial charge < -0.3 is 19.5 Å². The summed E-state index contributed by atoms with van der Waals surface area (Å²) in [6.07, 6.45) is 2.01. The molecule has 0 aliphatic heterocycles. The van der Waals surface area contributed by atoms with Gasteiger partial charge in [0, 0.05) is 23.3 Å². The molecule has 0 fully saturated rings. The first-order valence-electron chi connectivity index (χ1n) is 9.11. The van der Waals surface area contributed by atoms with Crippen LogP contribution in [0.25, 0.3) is 10.9 Å². The Labute approximate surface area is 160 Å². The van der Waals surface area contributed by atoms with Gasteiger partial charge in [-0.2, -0.15) is 0 Å². The fourth-order valence-corrected chi connectivity index (χ4v) is 2.82. The number of pyridine rings is 1. The van der Waals surface area contributed by atoms with E-state index in [2.05, 4.69) is 35.4 Å². The molecule has 0 unspecified atom stereocenters. The number of aryl methyl sites for hydroxylation is 1. The maximum atomic E-state index is 5.74. The summed E-state index contributed by atoms with van der Waals surface area (Å²) in [5, 5.41) is 4.52. The average molecular weight is 366 g/mol. The Morgan fingerprint density at radius 2 is 1.85 bits per heavy atom. The lowest BCUT2D eigenvalue weighted by Crippen LogP contribution is -2.11. The van der Waals surface area contributed by atoms with Gasteiger partial charge in [0.1, 0.15) is 18.1 Å². The van der Waals surface area contributed by atoms with Crippen LogP contribution in [0.4, 0.5) is 11.4 Å². The monoisotopic (exact) mass is 366 g/mol. The Bertz CT molecular complexity index is 909. The molecule has 5 nitrogen and oxygen atoms in total. The van der Waals surface area contributed by atoms with Crippen molar-refractivity contribution in [2.75, 3.05) is 25.6 Å². The number of benzene rings is 2. The highest BCUT2D eigenvalue weighted by Crippen LogP contribution is 2.33. The number of nitrogens with one attached hydrogen (secondary N) is 1. The lowest BCUT2D eigenvalue weighted by molar-refractivity contribution is 0.0552. The van der Waals surface area contributed by atoms with E-state index in [-0.39, 0.29) is 6.10 Å². The van der Waals surface area contributed by atoms with Crippen molar-refractivity contribution in [2.45, 2.75) is 26.9 Å². The summed E-state index contributed by atoms with van der Waals surface area (Å²) >= 11 is 0. The predicted octanol–water partition coefficient (Wildman–Crippen LogP) is 5.10. The van der Waals surface area contributed by atoms with Crippen molar-refractivity contribution >= 4 is 22.3 Å². The van der Waals surface area contributed by atoms with E-state index in [0.29, 0.717) is 19.0 Å². The van der Waals surface area contributed by atoms with Crippen molar-refractivity contribution in [2.24, 2.45) is 0 Å². The first kappa shape index (κ1) is 19.0. The maximum Gasteiger partial charge on any atom is 0.145 e. The van der Waals surface area contributed by atoms with E-state index < -0.39 is 0 Å². The molecule has 1 N–H and O–H groups in total. The second-order valence-corrected chi connectivity index (χ2v) is 6.63. The fraction of sp³-hybridized carbons (Fsp3) is 0.318. The number of anilines is 2. The van der Waals surface area contributed by atoms with Gasteiger partial charge in [-0.3, -0.25) is 4.98 Å². The van der Waals surface area contributed by atoms with Crippen molar-refractivity contribution < 1.29 is 14.2 Å². The van der Waals surface area contributed by atoms with Crippen LogP contribution in [0.2, 0.25) is 0 Å². The van der Waals surface area contributed by atoms with Crippen LogP contribution in [0.5, 0.6) is 11.5 Å².